The Bertz CT molecular complexity index is 914. The Morgan fingerprint density at radius 3 is 2.62 bits per heavy atom. The molecule has 1 saturated heterocycles. The zero-order valence-corrected chi connectivity index (χ0v) is 16.1. The van der Waals surface area contributed by atoms with Crippen molar-refractivity contribution in [2.45, 2.75) is 45.2 Å². The first-order valence-electron chi connectivity index (χ1n) is 9.47. The first-order valence-corrected chi connectivity index (χ1v) is 9.47. The van der Waals surface area contributed by atoms with E-state index in [1.54, 1.807) is 6.92 Å². The van der Waals surface area contributed by atoms with Gasteiger partial charge in [0.1, 0.15) is 30.8 Å². The Hall–Kier alpha value is -3.08. The average molecular weight is 400 g/mol. The number of nitrogens with zero attached hydrogens (tertiary/aromatic N) is 4. The number of benzene rings is 1. The monoisotopic (exact) mass is 400 g/mol. The average Bonchev–Trinajstić information content (AvgIpc) is 3.34. The zero-order valence-electron chi connectivity index (χ0n) is 16.1. The summed E-state index contributed by atoms with van der Waals surface area (Å²) in [7, 11) is 0. The predicted octanol–water partition coefficient (Wildman–Crippen LogP) is 2.17. The topological polar surface area (TPSA) is 68.1 Å². The van der Waals surface area contributed by atoms with Crippen LogP contribution < -0.4 is 0 Å². The Morgan fingerprint density at radius 2 is 2.03 bits per heavy atom. The maximum atomic E-state index is 14.4. The van der Waals surface area contributed by atoms with Gasteiger partial charge in [-0.3, -0.25) is 9.59 Å². The first-order chi connectivity index (χ1) is 13.9. The molecule has 1 aliphatic heterocycles. The zero-order chi connectivity index (χ0) is 21.0. The van der Waals surface area contributed by atoms with Gasteiger partial charge in [-0.15, -0.1) is 12.3 Å². The number of likely N-dealkylation sites (tertiary alicyclic amines) is 1. The lowest BCUT2D eigenvalue weighted by Crippen LogP contribution is -2.42. The number of rotatable bonds is 7. The number of halogens is 2. The molecule has 2 atom stereocenters. The number of Topliss-reactive ketones (excluding diaryl/α,β-unsaturated/α-hetero) is 1. The molecule has 3 rings (SSSR count). The highest BCUT2D eigenvalue weighted by Crippen LogP contribution is 2.30. The molecule has 29 heavy (non-hydrogen) atoms. The number of ketones is 1. The van der Waals surface area contributed by atoms with Gasteiger partial charge in [0.15, 0.2) is 5.78 Å². The largest absolute Gasteiger partial charge is 0.331 e. The molecule has 1 aliphatic rings. The van der Waals surface area contributed by atoms with Crippen LogP contribution in [-0.4, -0.2) is 43.9 Å². The van der Waals surface area contributed by atoms with E-state index in [1.807, 2.05) is 0 Å². The fourth-order valence-electron chi connectivity index (χ4n) is 3.79. The van der Waals surface area contributed by atoms with E-state index < -0.39 is 17.7 Å². The molecule has 0 aliphatic carbocycles. The molecule has 0 saturated carbocycles. The van der Waals surface area contributed by atoms with E-state index in [0.717, 1.165) is 0 Å². The minimum atomic E-state index is -0.652. The van der Waals surface area contributed by atoms with E-state index in [2.05, 4.69) is 16.0 Å². The molecule has 1 fully saturated rings. The van der Waals surface area contributed by atoms with Gasteiger partial charge in [-0.1, -0.05) is 6.92 Å². The van der Waals surface area contributed by atoms with Crippen LogP contribution in [-0.2, 0) is 29.0 Å². The third-order valence-electron chi connectivity index (χ3n) is 5.19. The molecule has 2 aromatic rings. The van der Waals surface area contributed by atoms with Gasteiger partial charge in [-0.2, -0.15) is 5.10 Å². The molecule has 2 heterocycles. The van der Waals surface area contributed by atoms with E-state index in [1.165, 1.54) is 34.4 Å². The van der Waals surface area contributed by atoms with Gasteiger partial charge in [-0.05, 0) is 36.5 Å². The summed E-state index contributed by atoms with van der Waals surface area (Å²) in [5, 5.41) is 3.91. The van der Waals surface area contributed by atoms with Crippen LogP contribution in [0, 0.1) is 29.9 Å². The van der Waals surface area contributed by atoms with Crippen molar-refractivity contribution in [3.8, 4) is 12.3 Å². The predicted molar refractivity (Wildman–Crippen MR) is 102 cm³/mol. The standard InChI is InChI=1S/C21H22F2N4O2/c1-3-5-14-7-17(22)16(18(23)8-14)6-15-9-19(20(28)4-2)27(10-15)21(29)11-26-13-24-12-25-26/h1,7-8,12-13,15,19H,4-6,9-11H2,2H3. The van der Waals surface area contributed by atoms with Crippen LogP contribution in [0.15, 0.2) is 24.8 Å². The van der Waals surface area contributed by atoms with Gasteiger partial charge < -0.3 is 4.90 Å². The maximum Gasteiger partial charge on any atom is 0.244 e. The van der Waals surface area contributed by atoms with Gasteiger partial charge in [0.25, 0.3) is 0 Å². The maximum absolute atomic E-state index is 14.4. The van der Waals surface area contributed by atoms with Gasteiger partial charge in [-0.25, -0.2) is 18.4 Å². The normalized spacial score (nSPS) is 18.6. The van der Waals surface area contributed by atoms with Gasteiger partial charge in [0, 0.05) is 24.9 Å². The van der Waals surface area contributed by atoms with Crippen LogP contribution in [0.2, 0.25) is 0 Å². The van der Waals surface area contributed by atoms with E-state index >= 15 is 0 Å². The van der Waals surface area contributed by atoms with Gasteiger partial charge in [0.2, 0.25) is 5.91 Å². The van der Waals surface area contributed by atoms with Gasteiger partial charge in [0.05, 0.1) is 6.04 Å². The second-order valence-corrected chi connectivity index (χ2v) is 7.20. The summed E-state index contributed by atoms with van der Waals surface area (Å²) < 4.78 is 30.3. The molecule has 0 spiro atoms. The molecule has 8 heteroatoms. The quantitative estimate of drug-likeness (QED) is 0.668. The van der Waals surface area contributed by atoms with Crippen LogP contribution in [0.3, 0.4) is 0 Å². The third kappa shape index (κ3) is 4.67. The van der Waals surface area contributed by atoms with E-state index in [4.69, 9.17) is 6.42 Å². The lowest BCUT2D eigenvalue weighted by Gasteiger charge is -2.23. The molecule has 2 unspecified atom stereocenters. The SMILES string of the molecule is C#CCc1cc(F)c(CC2CC(C(=O)CC)N(C(=O)Cn3cncn3)C2)c(F)c1. The summed E-state index contributed by atoms with van der Waals surface area (Å²) in [5.74, 6) is 0.504. The number of hydrogen-bond acceptors (Lipinski definition) is 4. The number of carbonyl (C=O) groups is 2. The van der Waals surface area contributed by atoms with E-state index in [-0.39, 0.29) is 55.5 Å². The van der Waals surface area contributed by atoms with E-state index in [0.29, 0.717) is 12.0 Å². The van der Waals surface area contributed by atoms with Crippen molar-refractivity contribution < 1.29 is 18.4 Å². The Morgan fingerprint density at radius 1 is 1.31 bits per heavy atom. The summed E-state index contributed by atoms with van der Waals surface area (Å²) in [6, 6.07) is 1.90. The summed E-state index contributed by atoms with van der Waals surface area (Å²) in [5.41, 5.74) is 0.366. The number of terminal acetylenes is 1. The molecular weight excluding hydrogens is 378 g/mol. The van der Waals surface area contributed by atoms with Crippen LogP contribution in [0.25, 0.3) is 0 Å². The van der Waals surface area contributed by atoms with Crippen molar-refractivity contribution in [1.29, 1.82) is 0 Å². The lowest BCUT2D eigenvalue weighted by atomic mass is 9.93. The minimum absolute atomic E-state index is 0.0379. The van der Waals surface area contributed by atoms with Crippen molar-refractivity contribution in [2.24, 2.45) is 5.92 Å². The van der Waals surface area contributed by atoms with Crippen LogP contribution >= 0.6 is 0 Å². The third-order valence-corrected chi connectivity index (χ3v) is 5.19. The molecular formula is C21H22F2N4O2. The second-order valence-electron chi connectivity index (χ2n) is 7.20. The van der Waals surface area contributed by atoms with Crippen molar-refractivity contribution in [3.05, 3.63) is 47.5 Å². The van der Waals surface area contributed by atoms with Crippen molar-refractivity contribution >= 4 is 11.7 Å². The van der Waals surface area contributed by atoms with Crippen LogP contribution in [0.1, 0.15) is 30.9 Å². The summed E-state index contributed by atoms with van der Waals surface area (Å²) >= 11 is 0. The van der Waals surface area contributed by atoms with Gasteiger partial charge >= 0.3 is 0 Å². The fourth-order valence-corrected chi connectivity index (χ4v) is 3.79. The van der Waals surface area contributed by atoms with Crippen molar-refractivity contribution in [3.63, 3.8) is 0 Å². The molecule has 1 amide bonds. The highest BCUT2D eigenvalue weighted by Gasteiger charge is 2.39. The Balaban J connectivity index is 1.77. The van der Waals surface area contributed by atoms with Crippen molar-refractivity contribution in [1.82, 2.24) is 19.7 Å². The molecule has 1 aromatic heterocycles. The fraction of sp³-hybridized carbons (Fsp3) is 0.429. The minimum Gasteiger partial charge on any atom is -0.331 e. The number of amides is 1. The molecule has 0 radical (unpaired) electrons. The van der Waals surface area contributed by atoms with E-state index in [9.17, 15) is 18.4 Å². The first kappa shape index (κ1) is 20.6. The highest BCUT2D eigenvalue weighted by atomic mass is 19.1. The molecule has 152 valence electrons. The number of aromatic nitrogens is 3. The summed E-state index contributed by atoms with van der Waals surface area (Å²) in [6.07, 6.45) is 8.87. The number of hydrogen-bond donors (Lipinski definition) is 0. The lowest BCUT2D eigenvalue weighted by molar-refractivity contribution is -0.138. The van der Waals surface area contributed by atoms with Crippen LogP contribution in [0.5, 0.6) is 0 Å². The highest BCUT2D eigenvalue weighted by molar-refractivity contribution is 5.89. The Kier molecular flexibility index (Phi) is 6.37. The van der Waals surface area contributed by atoms with Crippen LogP contribution in [0.4, 0.5) is 8.78 Å². The van der Waals surface area contributed by atoms with Crippen molar-refractivity contribution in [2.75, 3.05) is 6.54 Å². The molecule has 1 aromatic carbocycles. The number of carbonyl (C=O) groups excluding carboxylic acids is 2. The smallest absolute Gasteiger partial charge is 0.244 e. The summed E-state index contributed by atoms with van der Waals surface area (Å²) in [6.45, 7) is 1.96. The second kappa shape index (κ2) is 8.95. The molecule has 0 N–H and O–H groups in total. The molecule has 0 bridgehead atoms. The summed E-state index contributed by atoms with van der Waals surface area (Å²) in [4.78, 5) is 30.4. The molecule has 6 nitrogen and oxygen atoms in total. The Labute approximate surface area is 167 Å².